The fourth-order valence-electron chi connectivity index (χ4n) is 2.03. The van der Waals surface area contributed by atoms with Crippen molar-refractivity contribution in [1.82, 2.24) is 14.5 Å². The van der Waals surface area contributed by atoms with Crippen LogP contribution in [0.2, 0.25) is 0 Å². The Hall–Kier alpha value is -1.42. The van der Waals surface area contributed by atoms with Crippen LogP contribution in [0.25, 0.3) is 11.2 Å². The summed E-state index contributed by atoms with van der Waals surface area (Å²) in [7, 11) is 1.72. The molecular formula is C14H21N3O. The van der Waals surface area contributed by atoms with Crippen LogP contribution in [-0.4, -0.2) is 28.3 Å². The molecule has 2 rings (SSSR count). The third-order valence-corrected chi connectivity index (χ3v) is 2.79. The predicted molar refractivity (Wildman–Crippen MR) is 72.6 cm³/mol. The molecule has 4 nitrogen and oxygen atoms in total. The number of ether oxygens (including phenoxy) is 1. The quantitative estimate of drug-likeness (QED) is 0.834. The summed E-state index contributed by atoms with van der Waals surface area (Å²) in [4.78, 5) is 9.13. The molecule has 0 aliphatic heterocycles. The minimum Gasteiger partial charge on any atom is -0.383 e. The predicted octanol–water partition coefficient (Wildman–Crippen LogP) is 2.67. The van der Waals surface area contributed by atoms with Crippen molar-refractivity contribution in [3.63, 3.8) is 0 Å². The fraction of sp³-hybridized carbons (Fsp3) is 0.571. The lowest BCUT2D eigenvalue weighted by Crippen LogP contribution is -2.16. The average molecular weight is 247 g/mol. The lowest BCUT2D eigenvalue weighted by Gasteiger charge is -2.18. The van der Waals surface area contributed by atoms with E-state index in [2.05, 4.69) is 30.3 Å². The minimum absolute atomic E-state index is 0.214. The molecule has 0 aromatic carbocycles. The monoisotopic (exact) mass is 247 g/mol. The second-order valence-corrected chi connectivity index (χ2v) is 5.76. The molecule has 0 saturated heterocycles. The van der Waals surface area contributed by atoms with Crippen molar-refractivity contribution < 1.29 is 4.74 Å². The Balaban J connectivity index is 2.43. The second kappa shape index (κ2) is 5.06. The lowest BCUT2D eigenvalue weighted by molar-refractivity contribution is 0.186. The van der Waals surface area contributed by atoms with E-state index >= 15 is 0 Å². The number of pyridine rings is 1. The molecule has 2 heterocycles. The van der Waals surface area contributed by atoms with Crippen molar-refractivity contribution in [3.05, 3.63) is 24.2 Å². The van der Waals surface area contributed by atoms with Crippen LogP contribution in [0, 0.1) is 5.41 Å². The van der Waals surface area contributed by atoms with Crippen LogP contribution in [-0.2, 0) is 17.7 Å². The molecule has 0 spiro atoms. The fourth-order valence-corrected chi connectivity index (χ4v) is 2.03. The van der Waals surface area contributed by atoms with E-state index in [1.165, 1.54) is 0 Å². The van der Waals surface area contributed by atoms with Gasteiger partial charge in [-0.2, -0.15) is 0 Å². The number of aromatic nitrogens is 3. The van der Waals surface area contributed by atoms with Crippen molar-refractivity contribution in [2.24, 2.45) is 5.41 Å². The van der Waals surface area contributed by atoms with Gasteiger partial charge in [0.05, 0.1) is 6.61 Å². The van der Waals surface area contributed by atoms with Gasteiger partial charge >= 0.3 is 0 Å². The summed E-state index contributed by atoms with van der Waals surface area (Å²) in [5.74, 6) is 1.09. The zero-order valence-electron chi connectivity index (χ0n) is 11.6. The molecule has 0 amide bonds. The molecule has 2 aromatic rings. The van der Waals surface area contributed by atoms with Crippen LogP contribution in [0.1, 0.15) is 26.6 Å². The van der Waals surface area contributed by atoms with Gasteiger partial charge in [-0.1, -0.05) is 20.8 Å². The second-order valence-electron chi connectivity index (χ2n) is 5.76. The number of hydrogen-bond acceptors (Lipinski definition) is 3. The summed E-state index contributed by atoms with van der Waals surface area (Å²) in [6, 6.07) is 3.94. The third kappa shape index (κ3) is 2.88. The van der Waals surface area contributed by atoms with E-state index in [0.717, 1.165) is 30.0 Å². The maximum atomic E-state index is 5.17. The van der Waals surface area contributed by atoms with Crippen molar-refractivity contribution in [2.45, 2.75) is 33.7 Å². The maximum Gasteiger partial charge on any atom is 0.160 e. The Bertz CT molecular complexity index is 525. The molecule has 2 aromatic heterocycles. The van der Waals surface area contributed by atoms with Crippen LogP contribution in [0.3, 0.4) is 0 Å². The maximum absolute atomic E-state index is 5.17. The summed E-state index contributed by atoms with van der Waals surface area (Å²) in [5, 5.41) is 0. The summed E-state index contributed by atoms with van der Waals surface area (Å²) in [5.41, 5.74) is 2.13. The van der Waals surface area contributed by atoms with Gasteiger partial charge < -0.3 is 9.30 Å². The number of imidazole rings is 1. The number of nitrogens with zero attached hydrogens (tertiary/aromatic N) is 3. The van der Waals surface area contributed by atoms with Crippen molar-refractivity contribution in [3.8, 4) is 0 Å². The minimum atomic E-state index is 0.214. The smallest absolute Gasteiger partial charge is 0.160 e. The Morgan fingerprint density at radius 3 is 2.78 bits per heavy atom. The van der Waals surface area contributed by atoms with Crippen molar-refractivity contribution in [1.29, 1.82) is 0 Å². The molecule has 0 aliphatic rings. The molecule has 98 valence electrons. The molecule has 0 N–H and O–H groups in total. The highest BCUT2D eigenvalue weighted by atomic mass is 16.5. The Morgan fingerprint density at radius 2 is 2.11 bits per heavy atom. The molecule has 0 atom stereocenters. The number of rotatable bonds is 4. The van der Waals surface area contributed by atoms with E-state index in [1.54, 1.807) is 7.11 Å². The van der Waals surface area contributed by atoms with Gasteiger partial charge in [-0.3, -0.25) is 0 Å². The van der Waals surface area contributed by atoms with Gasteiger partial charge in [0.2, 0.25) is 0 Å². The summed E-state index contributed by atoms with van der Waals surface area (Å²) >= 11 is 0. The van der Waals surface area contributed by atoms with Crippen LogP contribution >= 0.6 is 0 Å². The van der Waals surface area contributed by atoms with Crippen LogP contribution < -0.4 is 0 Å². The van der Waals surface area contributed by atoms with Gasteiger partial charge in [-0.25, -0.2) is 9.97 Å². The molecule has 0 saturated carbocycles. The van der Waals surface area contributed by atoms with Crippen molar-refractivity contribution in [2.75, 3.05) is 13.7 Å². The number of hydrogen-bond donors (Lipinski definition) is 0. The summed E-state index contributed by atoms with van der Waals surface area (Å²) in [6.45, 7) is 8.15. The zero-order valence-corrected chi connectivity index (χ0v) is 11.6. The molecule has 18 heavy (non-hydrogen) atoms. The van der Waals surface area contributed by atoms with E-state index in [-0.39, 0.29) is 5.41 Å². The van der Waals surface area contributed by atoms with Crippen LogP contribution in [0.15, 0.2) is 18.3 Å². The molecule has 0 radical (unpaired) electrons. The standard InChI is InChI=1S/C14H21N3O/c1-14(2,3)10-12-16-11-6-5-7-15-13(11)17(12)8-9-18-4/h5-7H,8-10H2,1-4H3. The largest absolute Gasteiger partial charge is 0.383 e. The summed E-state index contributed by atoms with van der Waals surface area (Å²) < 4.78 is 7.34. The summed E-state index contributed by atoms with van der Waals surface area (Å²) in [6.07, 6.45) is 2.75. The van der Waals surface area contributed by atoms with Gasteiger partial charge in [-0.15, -0.1) is 0 Å². The van der Waals surface area contributed by atoms with Gasteiger partial charge in [0, 0.05) is 26.3 Å². The molecule has 0 bridgehead atoms. The molecule has 0 fully saturated rings. The first kappa shape index (κ1) is 13.0. The highest BCUT2D eigenvalue weighted by Gasteiger charge is 2.18. The molecule has 4 heteroatoms. The number of methoxy groups -OCH3 is 1. The molecular weight excluding hydrogens is 226 g/mol. The van der Waals surface area contributed by atoms with E-state index in [4.69, 9.17) is 9.72 Å². The van der Waals surface area contributed by atoms with Gasteiger partial charge in [0.15, 0.2) is 5.65 Å². The first-order valence-corrected chi connectivity index (χ1v) is 6.30. The molecule has 0 aliphatic carbocycles. The first-order chi connectivity index (χ1) is 8.51. The zero-order chi connectivity index (χ0) is 13.2. The van der Waals surface area contributed by atoms with Crippen LogP contribution in [0.4, 0.5) is 0 Å². The van der Waals surface area contributed by atoms with Crippen molar-refractivity contribution >= 4 is 11.2 Å². The van der Waals surface area contributed by atoms with Gasteiger partial charge in [-0.05, 0) is 17.5 Å². The normalized spacial score (nSPS) is 12.2. The Labute approximate surface area is 108 Å². The average Bonchev–Trinajstić information content (AvgIpc) is 2.61. The van der Waals surface area contributed by atoms with E-state index in [0.29, 0.717) is 6.61 Å². The highest BCUT2D eigenvalue weighted by molar-refractivity contribution is 5.71. The van der Waals surface area contributed by atoms with E-state index in [9.17, 15) is 0 Å². The number of fused-ring (bicyclic) bond motifs is 1. The first-order valence-electron chi connectivity index (χ1n) is 6.30. The topological polar surface area (TPSA) is 39.9 Å². The SMILES string of the molecule is COCCn1c(CC(C)(C)C)nc2cccnc21. The van der Waals surface area contributed by atoms with Crippen LogP contribution in [0.5, 0.6) is 0 Å². The Morgan fingerprint density at radius 1 is 1.33 bits per heavy atom. The highest BCUT2D eigenvalue weighted by Crippen LogP contribution is 2.22. The van der Waals surface area contributed by atoms with Gasteiger partial charge in [0.1, 0.15) is 11.3 Å². The molecule has 0 unspecified atom stereocenters. The van der Waals surface area contributed by atoms with E-state index in [1.807, 2.05) is 18.3 Å². The van der Waals surface area contributed by atoms with E-state index < -0.39 is 0 Å². The van der Waals surface area contributed by atoms with Gasteiger partial charge in [0.25, 0.3) is 0 Å². The third-order valence-electron chi connectivity index (χ3n) is 2.79. The Kier molecular flexibility index (Phi) is 3.66. The lowest BCUT2D eigenvalue weighted by atomic mass is 9.92.